The Hall–Kier alpha value is -1.92. The molecule has 0 aliphatic carbocycles. The van der Waals surface area contributed by atoms with Gasteiger partial charge in [-0.1, -0.05) is 28.9 Å². The number of carbonyl (C=O) groups is 1. The van der Waals surface area contributed by atoms with Gasteiger partial charge in [0.1, 0.15) is 0 Å². The number of hydrogen-bond donors (Lipinski definition) is 0. The number of halogens is 1. The Labute approximate surface area is 121 Å². The summed E-state index contributed by atoms with van der Waals surface area (Å²) >= 11 is 5.91. The molecule has 1 aromatic carbocycles. The van der Waals surface area contributed by atoms with Gasteiger partial charge in [0.15, 0.2) is 0 Å². The van der Waals surface area contributed by atoms with Gasteiger partial charge in [-0.3, -0.25) is 9.69 Å². The highest BCUT2D eigenvalue weighted by Crippen LogP contribution is 2.20. The second kappa shape index (κ2) is 6.49. The fourth-order valence-corrected chi connectivity index (χ4v) is 1.83. The Kier molecular flexibility index (Phi) is 4.70. The normalized spacial score (nSPS) is 10.8. The van der Waals surface area contributed by atoms with Crippen LogP contribution in [0.2, 0.25) is 5.02 Å². The van der Waals surface area contributed by atoms with E-state index in [-0.39, 0.29) is 12.5 Å². The minimum absolute atomic E-state index is 0.158. The molecule has 0 atom stereocenters. The molecule has 0 fully saturated rings. The summed E-state index contributed by atoms with van der Waals surface area (Å²) in [6.45, 7) is 0.522. The van der Waals surface area contributed by atoms with E-state index in [2.05, 4.69) is 14.9 Å². The van der Waals surface area contributed by atoms with Crippen LogP contribution in [0.3, 0.4) is 0 Å². The lowest BCUT2D eigenvalue weighted by Crippen LogP contribution is -2.26. The molecule has 6 nitrogen and oxygen atoms in total. The Morgan fingerprint density at radius 3 is 3.00 bits per heavy atom. The summed E-state index contributed by atoms with van der Waals surface area (Å²) in [4.78, 5) is 17.1. The van der Waals surface area contributed by atoms with E-state index in [1.165, 1.54) is 7.11 Å². The summed E-state index contributed by atoms with van der Waals surface area (Å²) < 4.78 is 9.73. The highest BCUT2D eigenvalue weighted by molar-refractivity contribution is 6.30. The first-order valence-electron chi connectivity index (χ1n) is 5.92. The third-order valence-corrected chi connectivity index (χ3v) is 2.82. The van der Waals surface area contributed by atoms with Crippen molar-refractivity contribution in [2.45, 2.75) is 6.54 Å². The molecule has 0 aliphatic rings. The van der Waals surface area contributed by atoms with Crippen LogP contribution in [-0.4, -0.2) is 41.7 Å². The molecule has 0 radical (unpaired) electrons. The second-order valence-corrected chi connectivity index (χ2v) is 4.71. The Morgan fingerprint density at radius 2 is 2.30 bits per heavy atom. The van der Waals surface area contributed by atoms with Crippen LogP contribution in [0.5, 0.6) is 0 Å². The summed E-state index contributed by atoms with van der Waals surface area (Å²) in [7, 11) is 3.11. The number of nitrogens with zero attached hydrogens (tertiary/aromatic N) is 3. The molecule has 0 bridgehead atoms. The average molecular weight is 296 g/mol. The van der Waals surface area contributed by atoms with Crippen LogP contribution in [0.25, 0.3) is 11.4 Å². The number of ether oxygens (including phenoxy) is 1. The number of likely N-dealkylation sites (N-methyl/N-ethyl adjacent to an activating group) is 1. The van der Waals surface area contributed by atoms with Crippen molar-refractivity contribution in [1.29, 1.82) is 0 Å². The minimum Gasteiger partial charge on any atom is -0.468 e. The maximum Gasteiger partial charge on any atom is 0.319 e. The molecule has 0 saturated carbocycles. The average Bonchev–Trinajstić information content (AvgIpc) is 2.87. The van der Waals surface area contributed by atoms with Crippen LogP contribution >= 0.6 is 11.6 Å². The predicted octanol–water partition coefficient (Wildman–Crippen LogP) is 1.99. The lowest BCUT2D eigenvalue weighted by Gasteiger charge is -2.11. The maximum atomic E-state index is 11.1. The molecular weight excluding hydrogens is 282 g/mol. The molecule has 20 heavy (non-hydrogen) atoms. The zero-order valence-corrected chi connectivity index (χ0v) is 11.9. The maximum absolute atomic E-state index is 11.1. The highest BCUT2D eigenvalue weighted by atomic mass is 35.5. The third kappa shape index (κ3) is 3.79. The van der Waals surface area contributed by atoms with Crippen molar-refractivity contribution in [1.82, 2.24) is 15.0 Å². The molecule has 1 aromatic heterocycles. The van der Waals surface area contributed by atoms with Gasteiger partial charge in [-0.05, 0) is 19.2 Å². The molecule has 0 amide bonds. The van der Waals surface area contributed by atoms with Gasteiger partial charge < -0.3 is 9.26 Å². The number of hydrogen-bond acceptors (Lipinski definition) is 6. The van der Waals surface area contributed by atoms with Gasteiger partial charge >= 0.3 is 5.97 Å². The number of aromatic nitrogens is 2. The summed E-state index contributed by atoms with van der Waals surface area (Å²) in [5, 5.41) is 4.50. The monoisotopic (exact) mass is 295 g/mol. The summed E-state index contributed by atoms with van der Waals surface area (Å²) in [6.07, 6.45) is 0. The van der Waals surface area contributed by atoms with Gasteiger partial charge in [0.25, 0.3) is 0 Å². The predicted molar refractivity (Wildman–Crippen MR) is 73.1 cm³/mol. The van der Waals surface area contributed by atoms with Crippen LogP contribution in [0.1, 0.15) is 5.89 Å². The van der Waals surface area contributed by atoms with Gasteiger partial charge in [-0.25, -0.2) is 0 Å². The minimum atomic E-state index is -0.318. The Morgan fingerprint density at radius 1 is 1.50 bits per heavy atom. The molecule has 0 saturated heterocycles. The Bertz CT molecular complexity index is 600. The summed E-state index contributed by atoms with van der Waals surface area (Å²) in [5.74, 6) is 0.572. The molecule has 2 aromatic rings. The van der Waals surface area contributed by atoms with Crippen molar-refractivity contribution in [3.63, 3.8) is 0 Å². The molecule has 0 aliphatic heterocycles. The van der Waals surface area contributed by atoms with E-state index >= 15 is 0 Å². The first kappa shape index (κ1) is 14.5. The van der Waals surface area contributed by atoms with Gasteiger partial charge in [-0.2, -0.15) is 4.98 Å². The van der Waals surface area contributed by atoms with Crippen molar-refractivity contribution in [3.8, 4) is 11.4 Å². The smallest absolute Gasteiger partial charge is 0.319 e. The quantitative estimate of drug-likeness (QED) is 0.786. The summed E-state index contributed by atoms with van der Waals surface area (Å²) in [5.41, 5.74) is 0.781. The third-order valence-electron chi connectivity index (χ3n) is 2.58. The number of carbonyl (C=O) groups excluding carboxylic acids is 1. The highest BCUT2D eigenvalue weighted by Gasteiger charge is 2.13. The zero-order chi connectivity index (χ0) is 14.5. The molecule has 1 heterocycles. The van der Waals surface area contributed by atoms with Crippen molar-refractivity contribution in [3.05, 3.63) is 35.2 Å². The molecule has 2 rings (SSSR count). The van der Waals surface area contributed by atoms with E-state index in [4.69, 9.17) is 16.1 Å². The SMILES string of the molecule is COC(=O)CN(C)Cc1nc(-c2cccc(Cl)c2)no1. The van der Waals surface area contributed by atoms with E-state index in [1.807, 2.05) is 12.1 Å². The van der Waals surface area contributed by atoms with Gasteiger partial charge in [-0.15, -0.1) is 0 Å². The largest absolute Gasteiger partial charge is 0.468 e. The molecule has 106 valence electrons. The molecule has 0 unspecified atom stereocenters. The fourth-order valence-electron chi connectivity index (χ4n) is 1.64. The van der Waals surface area contributed by atoms with E-state index in [1.54, 1.807) is 24.1 Å². The van der Waals surface area contributed by atoms with E-state index < -0.39 is 0 Å². The number of rotatable bonds is 5. The summed E-state index contributed by atoms with van der Waals surface area (Å²) in [6, 6.07) is 7.19. The van der Waals surface area contributed by atoms with Crippen molar-refractivity contribution in [2.75, 3.05) is 20.7 Å². The molecular formula is C13H14ClN3O3. The van der Waals surface area contributed by atoms with Gasteiger partial charge in [0, 0.05) is 10.6 Å². The topological polar surface area (TPSA) is 68.5 Å². The van der Waals surface area contributed by atoms with Crippen LogP contribution in [-0.2, 0) is 16.1 Å². The van der Waals surface area contributed by atoms with E-state index in [9.17, 15) is 4.79 Å². The van der Waals surface area contributed by atoms with Crippen molar-refractivity contribution >= 4 is 17.6 Å². The lowest BCUT2D eigenvalue weighted by atomic mass is 10.2. The van der Waals surface area contributed by atoms with Crippen molar-refractivity contribution < 1.29 is 14.1 Å². The zero-order valence-electron chi connectivity index (χ0n) is 11.2. The second-order valence-electron chi connectivity index (χ2n) is 4.27. The first-order chi connectivity index (χ1) is 9.58. The number of methoxy groups -OCH3 is 1. The van der Waals surface area contributed by atoms with Crippen LogP contribution in [0.4, 0.5) is 0 Å². The fraction of sp³-hybridized carbons (Fsp3) is 0.308. The molecule has 0 spiro atoms. The first-order valence-corrected chi connectivity index (χ1v) is 6.30. The Balaban J connectivity index is 2.04. The van der Waals surface area contributed by atoms with Crippen LogP contribution in [0, 0.1) is 0 Å². The molecule has 0 N–H and O–H groups in total. The molecule has 7 heteroatoms. The number of esters is 1. The van der Waals surface area contributed by atoms with Gasteiger partial charge in [0.2, 0.25) is 11.7 Å². The number of benzene rings is 1. The van der Waals surface area contributed by atoms with E-state index in [0.29, 0.717) is 23.3 Å². The van der Waals surface area contributed by atoms with Crippen LogP contribution < -0.4 is 0 Å². The van der Waals surface area contributed by atoms with Crippen molar-refractivity contribution in [2.24, 2.45) is 0 Å². The van der Waals surface area contributed by atoms with E-state index in [0.717, 1.165) is 5.56 Å². The van der Waals surface area contributed by atoms with Gasteiger partial charge in [0.05, 0.1) is 20.2 Å². The standard InChI is InChI=1S/C13H14ClN3O3/c1-17(8-12(18)19-2)7-11-15-13(16-20-11)9-4-3-5-10(14)6-9/h3-6H,7-8H2,1-2H3. The van der Waals surface area contributed by atoms with Crippen LogP contribution in [0.15, 0.2) is 28.8 Å². The lowest BCUT2D eigenvalue weighted by molar-refractivity contribution is -0.141.